The fourth-order valence-electron chi connectivity index (χ4n) is 2.71. The maximum atomic E-state index is 12.9. The number of sulfonamides is 1. The van der Waals surface area contributed by atoms with Gasteiger partial charge in [-0.2, -0.15) is 8.42 Å². The van der Waals surface area contributed by atoms with Gasteiger partial charge in [-0.3, -0.25) is 14.2 Å². The molecule has 0 bridgehead atoms. The van der Waals surface area contributed by atoms with Gasteiger partial charge in [0.15, 0.2) is 0 Å². The largest absolute Gasteiger partial charge is 0.495 e. The van der Waals surface area contributed by atoms with Crippen LogP contribution in [0.25, 0.3) is 0 Å². The number of hydrogen-bond donors (Lipinski definition) is 3. The monoisotopic (exact) mass is 463 g/mol. The topological polar surface area (TPSA) is 123 Å². The molecule has 31 heavy (non-hydrogen) atoms. The SMILES string of the molecule is COc1cc(S(=O)(=O)Nc2ccccc2)c(OC)cc1NS(=O)(=O)Nc1ccccc1. The van der Waals surface area contributed by atoms with Crippen LogP contribution in [0.5, 0.6) is 11.5 Å². The molecular formula is C20H21N3O6S2. The number of anilines is 3. The summed E-state index contributed by atoms with van der Waals surface area (Å²) in [5.41, 5.74) is 0.717. The molecule has 9 nitrogen and oxygen atoms in total. The average Bonchev–Trinajstić information content (AvgIpc) is 2.73. The first-order valence-corrected chi connectivity index (χ1v) is 11.9. The molecule has 0 radical (unpaired) electrons. The lowest BCUT2D eigenvalue weighted by Gasteiger charge is -2.17. The Balaban J connectivity index is 1.95. The van der Waals surface area contributed by atoms with E-state index in [2.05, 4.69) is 14.2 Å². The van der Waals surface area contributed by atoms with Gasteiger partial charge in [-0.15, -0.1) is 0 Å². The van der Waals surface area contributed by atoms with Crippen molar-refractivity contribution in [2.45, 2.75) is 4.90 Å². The number of nitrogens with one attached hydrogen (secondary N) is 3. The van der Waals surface area contributed by atoms with Crippen LogP contribution in [0.3, 0.4) is 0 Å². The van der Waals surface area contributed by atoms with Gasteiger partial charge >= 0.3 is 10.2 Å². The molecule has 0 aromatic heterocycles. The number of para-hydroxylation sites is 2. The van der Waals surface area contributed by atoms with Crippen molar-refractivity contribution in [2.75, 3.05) is 28.4 Å². The third-order valence-corrected chi connectivity index (χ3v) is 6.47. The summed E-state index contributed by atoms with van der Waals surface area (Å²) in [6.45, 7) is 0. The minimum absolute atomic E-state index is 0.00134. The Morgan fingerprint density at radius 1 is 0.645 bits per heavy atom. The second kappa shape index (κ2) is 9.14. The summed E-state index contributed by atoms with van der Waals surface area (Å²) in [6.07, 6.45) is 0. The molecule has 0 aliphatic carbocycles. The second-order valence-corrected chi connectivity index (χ2v) is 9.31. The number of hydrogen-bond acceptors (Lipinski definition) is 6. The molecule has 164 valence electrons. The lowest BCUT2D eigenvalue weighted by molar-refractivity contribution is 0.394. The van der Waals surface area contributed by atoms with Crippen molar-refractivity contribution in [3.05, 3.63) is 72.8 Å². The third-order valence-electron chi connectivity index (χ3n) is 4.07. The second-order valence-electron chi connectivity index (χ2n) is 6.25. The van der Waals surface area contributed by atoms with Crippen LogP contribution in [-0.2, 0) is 20.2 Å². The predicted molar refractivity (Wildman–Crippen MR) is 119 cm³/mol. The normalized spacial score (nSPS) is 11.4. The summed E-state index contributed by atoms with van der Waals surface area (Å²) >= 11 is 0. The highest BCUT2D eigenvalue weighted by Gasteiger charge is 2.24. The van der Waals surface area contributed by atoms with Crippen LogP contribution in [0.1, 0.15) is 0 Å². The predicted octanol–water partition coefficient (Wildman–Crippen LogP) is 3.27. The van der Waals surface area contributed by atoms with Crippen LogP contribution in [-0.4, -0.2) is 31.1 Å². The van der Waals surface area contributed by atoms with Gasteiger partial charge in [0, 0.05) is 17.8 Å². The number of benzene rings is 3. The summed E-state index contributed by atoms with van der Waals surface area (Å²) in [4.78, 5) is -0.213. The number of methoxy groups -OCH3 is 2. The quantitative estimate of drug-likeness (QED) is 0.448. The van der Waals surface area contributed by atoms with Crippen molar-refractivity contribution in [3.63, 3.8) is 0 Å². The van der Waals surface area contributed by atoms with Crippen LogP contribution in [0.2, 0.25) is 0 Å². The van der Waals surface area contributed by atoms with Crippen LogP contribution in [0.4, 0.5) is 17.1 Å². The van der Waals surface area contributed by atoms with E-state index >= 15 is 0 Å². The van der Waals surface area contributed by atoms with Crippen LogP contribution in [0.15, 0.2) is 77.7 Å². The molecule has 0 heterocycles. The Bertz CT molecular complexity index is 1250. The van der Waals surface area contributed by atoms with E-state index in [1.807, 2.05) is 0 Å². The molecule has 0 aliphatic rings. The number of ether oxygens (including phenoxy) is 2. The van der Waals surface area contributed by atoms with E-state index in [-0.39, 0.29) is 22.1 Å². The van der Waals surface area contributed by atoms with Gasteiger partial charge in [0.1, 0.15) is 16.4 Å². The molecule has 0 unspecified atom stereocenters. The smallest absolute Gasteiger partial charge is 0.321 e. The maximum Gasteiger partial charge on any atom is 0.321 e. The van der Waals surface area contributed by atoms with Crippen molar-refractivity contribution < 1.29 is 26.3 Å². The van der Waals surface area contributed by atoms with Gasteiger partial charge in [0.25, 0.3) is 10.0 Å². The summed E-state index contributed by atoms with van der Waals surface area (Å²) in [5, 5.41) is 0. The van der Waals surface area contributed by atoms with Crippen molar-refractivity contribution in [1.82, 2.24) is 0 Å². The highest BCUT2D eigenvalue weighted by Crippen LogP contribution is 2.37. The molecule has 11 heteroatoms. The van der Waals surface area contributed by atoms with Crippen molar-refractivity contribution >= 4 is 37.3 Å². The molecule has 0 spiro atoms. The molecule has 0 saturated heterocycles. The van der Waals surface area contributed by atoms with E-state index in [1.54, 1.807) is 60.7 Å². The Morgan fingerprint density at radius 3 is 1.68 bits per heavy atom. The molecule has 0 atom stereocenters. The Kier molecular flexibility index (Phi) is 6.56. The van der Waals surface area contributed by atoms with Crippen molar-refractivity contribution in [1.29, 1.82) is 0 Å². The highest BCUT2D eigenvalue weighted by molar-refractivity contribution is 7.94. The van der Waals surface area contributed by atoms with Gasteiger partial charge in [0.2, 0.25) is 0 Å². The number of rotatable bonds is 9. The molecule has 0 aliphatic heterocycles. The molecule has 0 amide bonds. The highest BCUT2D eigenvalue weighted by atomic mass is 32.2. The lowest BCUT2D eigenvalue weighted by atomic mass is 10.3. The molecule has 3 N–H and O–H groups in total. The lowest BCUT2D eigenvalue weighted by Crippen LogP contribution is -2.22. The summed E-state index contributed by atoms with van der Waals surface area (Å²) in [6, 6.07) is 19.0. The minimum Gasteiger partial charge on any atom is -0.495 e. The maximum absolute atomic E-state index is 12.9. The van der Waals surface area contributed by atoms with Gasteiger partial charge in [0.05, 0.1) is 25.6 Å². The first kappa shape index (κ1) is 22.2. The van der Waals surface area contributed by atoms with Crippen molar-refractivity contribution in [3.8, 4) is 11.5 Å². The standard InChI is InChI=1S/C20H21N3O6S2/c1-28-18-14-20(30(24,25)21-15-9-5-3-6-10-15)19(29-2)13-17(18)23-31(26,27)22-16-11-7-4-8-12-16/h3-14,21-23H,1-2H3. The van der Waals surface area contributed by atoms with Gasteiger partial charge < -0.3 is 9.47 Å². The molecule has 3 aromatic carbocycles. The molecule has 0 saturated carbocycles. The van der Waals surface area contributed by atoms with E-state index in [0.29, 0.717) is 11.4 Å². The molecule has 0 fully saturated rings. The minimum atomic E-state index is -4.05. The van der Waals surface area contributed by atoms with Crippen molar-refractivity contribution in [2.24, 2.45) is 0 Å². The first-order valence-electron chi connectivity index (χ1n) is 8.93. The summed E-state index contributed by atoms with van der Waals surface area (Å²) in [5.74, 6) is -0.0747. The fourth-order valence-corrected chi connectivity index (χ4v) is 4.88. The third kappa shape index (κ3) is 5.58. The molecule has 3 rings (SSSR count). The van der Waals surface area contributed by atoms with Crippen LogP contribution < -0.4 is 23.6 Å². The Hall–Kier alpha value is -3.44. The van der Waals surface area contributed by atoms with Gasteiger partial charge in [-0.25, -0.2) is 8.42 Å². The zero-order valence-corrected chi connectivity index (χ0v) is 18.3. The van der Waals surface area contributed by atoms with E-state index in [1.165, 1.54) is 26.4 Å². The molecule has 3 aromatic rings. The van der Waals surface area contributed by atoms with E-state index < -0.39 is 20.2 Å². The van der Waals surface area contributed by atoms with E-state index in [4.69, 9.17) is 9.47 Å². The van der Waals surface area contributed by atoms with Crippen LogP contribution in [0, 0.1) is 0 Å². The summed E-state index contributed by atoms with van der Waals surface area (Å²) < 4.78 is 68.4. The fraction of sp³-hybridized carbons (Fsp3) is 0.100. The Morgan fingerprint density at radius 2 is 1.16 bits per heavy atom. The summed E-state index contributed by atoms with van der Waals surface area (Å²) in [7, 11) is -5.51. The zero-order valence-electron chi connectivity index (χ0n) is 16.7. The van der Waals surface area contributed by atoms with Gasteiger partial charge in [-0.1, -0.05) is 36.4 Å². The zero-order chi connectivity index (χ0) is 22.5. The Labute approximate surface area is 181 Å². The average molecular weight is 464 g/mol. The van der Waals surface area contributed by atoms with E-state index in [9.17, 15) is 16.8 Å². The van der Waals surface area contributed by atoms with E-state index in [0.717, 1.165) is 0 Å². The van der Waals surface area contributed by atoms with Crippen LogP contribution >= 0.6 is 0 Å². The molecular weight excluding hydrogens is 442 g/mol. The van der Waals surface area contributed by atoms with Gasteiger partial charge in [-0.05, 0) is 24.3 Å². The first-order chi connectivity index (χ1) is 14.7.